The van der Waals surface area contributed by atoms with Crippen LogP contribution in [-0.4, -0.2) is 26.4 Å². The summed E-state index contributed by atoms with van der Waals surface area (Å²) in [4.78, 5) is 12.6. The molecule has 0 saturated carbocycles. The van der Waals surface area contributed by atoms with E-state index in [-0.39, 0.29) is 11.7 Å². The fraction of sp³-hybridized carbons (Fsp3) is 0.375. The summed E-state index contributed by atoms with van der Waals surface area (Å²) in [5.74, 6) is 1.79. The van der Waals surface area contributed by atoms with Gasteiger partial charge in [0.25, 0.3) is 0 Å². The first-order valence-corrected chi connectivity index (χ1v) is 11.5. The van der Waals surface area contributed by atoms with E-state index in [4.69, 9.17) is 4.74 Å². The number of benzene rings is 2. The Morgan fingerprint density at radius 1 is 1.06 bits per heavy atom. The van der Waals surface area contributed by atoms with E-state index in [2.05, 4.69) is 54.5 Å². The fourth-order valence-electron chi connectivity index (χ4n) is 3.33. The van der Waals surface area contributed by atoms with Gasteiger partial charge in [-0.25, -0.2) is 0 Å². The summed E-state index contributed by atoms with van der Waals surface area (Å²) in [7, 11) is 1.89. The minimum atomic E-state index is -0.0446. The highest BCUT2D eigenvalue weighted by atomic mass is 32.2. The number of para-hydroxylation sites is 1. The van der Waals surface area contributed by atoms with Crippen molar-refractivity contribution in [2.45, 2.75) is 52.3 Å². The summed E-state index contributed by atoms with van der Waals surface area (Å²) < 4.78 is 7.82. The van der Waals surface area contributed by atoms with Crippen LogP contribution in [0.5, 0.6) is 5.75 Å². The van der Waals surface area contributed by atoms with E-state index in [0.717, 1.165) is 41.0 Å². The predicted molar refractivity (Wildman–Crippen MR) is 126 cm³/mol. The van der Waals surface area contributed by atoms with Crippen molar-refractivity contribution in [2.24, 2.45) is 7.05 Å². The van der Waals surface area contributed by atoms with Crippen LogP contribution in [0.3, 0.4) is 0 Å². The van der Waals surface area contributed by atoms with Crippen molar-refractivity contribution in [3.8, 4) is 5.75 Å². The standard InChI is InChI=1S/C24H30N4O2S/c1-6-18-11-9-12-19(7-2)23(18)25-22(29)15-31-24-27-26-21(28(24)5)14-30-20-13-8-10-16(3)17(20)4/h8-13H,6-7,14-15H2,1-5H3,(H,25,29). The summed E-state index contributed by atoms with van der Waals surface area (Å²) in [5, 5.41) is 12.2. The second-order valence-corrected chi connectivity index (χ2v) is 8.38. The maximum absolute atomic E-state index is 12.6. The van der Waals surface area contributed by atoms with Gasteiger partial charge in [0, 0.05) is 12.7 Å². The summed E-state index contributed by atoms with van der Waals surface area (Å²) >= 11 is 1.37. The average Bonchev–Trinajstić information content (AvgIpc) is 3.12. The van der Waals surface area contributed by atoms with Gasteiger partial charge in [-0.05, 0) is 55.0 Å². The van der Waals surface area contributed by atoms with Crippen molar-refractivity contribution in [2.75, 3.05) is 11.1 Å². The van der Waals surface area contributed by atoms with Crippen molar-refractivity contribution < 1.29 is 9.53 Å². The van der Waals surface area contributed by atoms with E-state index in [1.54, 1.807) is 0 Å². The van der Waals surface area contributed by atoms with E-state index in [9.17, 15) is 4.79 Å². The molecule has 0 aliphatic heterocycles. The molecule has 6 nitrogen and oxygen atoms in total. The molecule has 31 heavy (non-hydrogen) atoms. The molecule has 0 saturated heterocycles. The first-order valence-electron chi connectivity index (χ1n) is 10.5. The van der Waals surface area contributed by atoms with Crippen molar-refractivity contribution in [3.05, 3.63) is 64.5 Å². The summed E-state index contributed by atoms with van der Waals surface area (Å²) in [5.41, 5.74) is 5.56. The lowest BCUT2D eigenvalue weighted by Crippen LogP contribution is -2.17. The Hall–Kier alpha value is -2.80. The van der Waals surface area contributed by atoms with Crippen molar-refractivity contribution in [3.63, 3.8) is 0 Å². The Bertz CT molecular complexity index is 1040. The molecule has 0 radical (unpaired) electrons. The number of anilines is 1. The normalized spacial score (nSPS) is 10.9. The number of hydrogen-bond donors (Lipinski definition) is 1. The van der Waals surface area contributed by atoms with Crippen LogP contribution in [0.4, 0.5) is 5.69 Å². The van der Waals surface area contributed by atoms with E-state index in [1.807, 2.05) is 36.7 Å². The molecule has 2 aromatic carbocycles. The highest BCUT2D eigenvalue weighted by molar-refractivity contribution is 7.99. The number of aryl methyl sites for hydroxylation is 3. The molecule has 0 aliphatic carbocycles. The summed E-state index contributed by atoms with van der Waals surface area (Å²) in [6, 6.07) is 12.2. The van der Waals surface area contributed by atoms with Crippen molar-refractivity contribution in [1.29, 1.82) is 0 Å². The topological polar surface area (TPSA) is 69.0 Å². The molecular weight excluding hydrogens is 408 g/mol. The molecule has 164 valence electrons. The van der Waals surface area contributed by atoms with Gasteiger partial charge in [0.15, 0.2) is 11.0 Å². The number of hydrogen-bond acceptors (Lipinski definition) is 5. The van der Waals surface area contributed by atoms with Crippen LogP contribution in [0.1, 0.15) is 41.9 Å². The van der Waals surface area contributed by atoms with Crippen LogP contribution in [0.15, 0.2) is 41.6 Å². The SMILES string of the molecule is CCc1cccc(CC)c1NC(=O)CSc1nnc(COc2cccc(C)c2C)n1C. The number of rotatable bonds is 9. The molecule has 1 heterocycles. The maximum atomic E-state index is 12.6. The van der Waals surface area contributed by atoms with Crippen LogP contribution in [-0.2, 0) is 31.3 Å². The number of nitrogens with one attached hydrogen (secondary N) is 1. The maximum Gasteiger partial charge on any atom is 0.234 e. The zero-order valence-corrected chi connectivity index (χ0v) is 19.7. The molecule has 7 heteroatoms. The van der Waals surface area contributed by atoms with Gasteiger partial charge in [-0.2, -0.15) is 0 Å². The molecule has 0 spiro atoms. The van der Waals surface area contributed by atoms with Crippen molar-refractivity contribution >= 4 is 23.4 Å². The zero-order valence-electron chi connectivity index (χ0n) is 18.9. The summed E-state index contributed by atoms with van der Waals surface area (Å²) in [6.45, 7) is 8.63. The molecule has 0 bridgehead atoms. The largest absolute Gasteiger partial charge is 0.485 e. The average molecular weight is 439 g/mol. The quantitative estimate of drug-likeness (QED) is 0.483. The van der Waals surface area contributed by atoms with Gasteiger partial charge in [0.2, 0.25) is 5.91 Å². The molecule has 1 amide bonds. The molecule has 0 unspecified atom stereocenters. The smallest absolute Gasteiger partial charge is 0.234 e. The molecule has 1 aromatic heterocycles. The number of carbonyl (C=O) groups is 1. The van der Waals surface area contributed by atoms with E-state index >= 15 is 0 Å². The Morgan fingerprint density at radius 3 is 2.42 bits per heavy atom. The fourth-order valence-corrected chi connectivity index (χ4v) is 4.06. The second-order valence-electron chi connectivity index (χ2n) is 7.44. The molecular formula is C24H30N4O2S. The highest BCUT2D eigenvalue weighted by Crippen LogP contribution is 2.24. The van der Waals surface area contributed by atoms with Crippen LogP contribution < -0.4 is 10.1 Å². The van der Waals surface area contributed by atoms with Crippen LogP contribution >= 0.6 is 11.8 Å². The second kappa shape index (κ2) is 10.5. The van der Waals surface area contributed by atoms with Crippen molar-refractivity contribution in [1.82, 2.24) is 14.8 Å². The molecule has 0 fully saturated rings. The lowest BCUT2D eigenvalue weighted by Gasteiger charge is -2.14. The molecule has 0 aliphatic rings. The van der Waals surface area contributed by atoms with Crippen LogP contribution in [0.25, 0.3) is 0 Å². The summed E-state index contributed by atoms with van der Waals surface area (Å²) in [6.07, 6.45) is 1.76. The van der Waals surface area contributed by atoms with E-state index in [1.165, 1.54) is 17.3 Å². The Morgan fingerprint density at radius 2 is 1.74 bits per heavy atom. The Labute approximate surface area is 188 Å². The number of amides is 1. The predicted octanol–water partition coefficient (Wildman–Crippen LogP) is 4.87. The van der Waals surface area contributed by atoms with E-state index in [0.29, 0.717) is 17.6 Å². The van der Waals surface area contributed by atoms with Crippen LogP contribution in [0, 0.1) is 13.8 Å². The first-order chi connectivity index (χ1) is 14.9. The monoisotopic (exact) mass is 438 g/mol. The van der Waals surface area contributed by atoms with Crippen LogP contribution in [0.2, 0.25) is 0 Å². The molecule has 1 N–H and O–H groups in total. The minimum absolute atomic E-state index is 0.0446. The third-order valence-electron chi connectivity index (χ3n) is 5.43. The molecule has 3 aromatic rings. The Kier molecular flexibility index (Phi) is 7.74. The molecule has 3 rings (SSSR count). The Balaban J connectivity index is 1.60. The first kappa shape index (κ1) is 22.9. The zero-order chi connectivity index (χ0) is 22.4. The van der Waals surface area contributed by atoms with Gasteiger partial charge in [0.1, 0.15) is 12.4 Å². The molecule has 0 atom stereocenters. The lowest BCUT2D eigenvalue weighted by molar-refractivity contribution is -0.113. The highest BCUT2D eigenvalue weighted by Gasteiger charge is 2.14. The lowest BCUT2D eigenvalue weighted by atomic mass is 10.0. The number of thioether (sulfide) groups is 1. The van der Waals surface area contributed by atoms with E-state index < -0.39 is 0 Å². The van der Waals surface area contributed by atoms with Gasteiger partial charge < -0.3 is 14.6 Å². The van der Waals surface area contributed by atoms with Gasteiger partial charge in [-0.1, -0.05) is 55.9 Å². The number of carbonyl (C=O) groups excluding carboxylic acids is 1. The van der Waals surface area contributed by atoms with Gasteiger partial charge in [-0.3, -0.25) is 4.79 Å². The van der Waals surface area contributed by atoms with Gasteiger partial charge >= 0.3 is 0 Å². The van der Waals surface area contributed by atoms with Gasteiger partial charge in [0.05, 0.1) is 5.75 Å². The number of ether oxygens (including phenoxy) is 1. The van der Waals surface area contributed by atoms with Gasteiger partial charge in [-0.15, -0.1) is 10.2 Å². The third-order valence-corrected chi connectivity index (χ3v) is 6.45. The number of nitrogens with zero attached hydrogens (tertiary/aromatic N) is 3. The minimum Gasteiger partial charge on any atom is -0.485 e. The number of aromatic nitrogens is 3. The third kappa shape index (κ3) is 5.47.